The number of benzene rings is 2. The number of rotatable bonds is 3. The van der Waals surface area contributed by atoms with Gasteiger partial charge in [-0.1, -0.05) is 41.9 Å². The lowest BCUT2D eigenvalue weighted by Crippen LogP contribution is -2.47. The van der Waals surface area contributed by atoms with Crippen LogP contribution in [0.1, 0.15) is 33.6 Å². The molecule has 0 spiro atoms. The maximum Gasteiger partial charge on any atom is 0.255 e. The van der Waals surface area contributed by atoms with Gasteiger partial charge in [0, 0.05) is 24.2 Å². The highest BCUT2D eigenvalue weighted by Gasteiger charge is 2.47. The summed E-state index contributed by atoms with van der Waals surface area (Å²) in [5.41, 5.74) is 1.23. The van der Waals surface area contributed by atoms with E-state index in [4.69, 9.17) is 11.6 Å². The fourth-order valence-electron chi connectivity index (χ4n) is 4.01. The summed E-state index contributed by atoms with van der Waals surface area (Å²) in [6, 6.07) is 16.7. The number of fused-ring (bicyclic) bond motifs is 2. The topological polar surface area (TPSA) is 49.4 Å². The molecule has 2 fully saturated rings. The molecule has 1 saturated carbocycles. The lowest BCUT2D eigenvalue weighted by molar-refractivity contribution is 0.0680. The van der Waals surface area contributed by atoms with Crippen molar-refractivity contribution in [2.24, 2.45) is 5.92 Å². The van der Waals surface area contributed by atoms with Crippen molar-refractivity contribution in [3.63, 3.8) is 0 Å². The molecule has 4 nitrogen and oxygen atoms in total. The summed E-state index contributed by atoms with van der Waals surface area (Å²) in [5.74, 6) is 0.261. The molecule has 1 aliphatic heterocycles. The van der Waals surface area contributed by atoms with E-state index >= 15 is 0 Å². The first-order valence-corrected chi connectivity index (χ1v) is 8.92. The highest BCUT2D eigenvalue weighted by Crippen LogP contribution is 2.39. The molecule has 1 saturated heterocycles. The van der Waals surface area contributed by atoms with Crippen molar-refractivity contribution in [3.05, 3.63) is 70.7 Å². The number of carbonyl (C=O) groups is 2. The van der Waals surface area contributed by atoms with E-state index in [0.29, 0.717) is 28.6 Å². The van der Waals surface area contributed by atoms with Crippen molar-refractivity contribution in [1.82, 2.24) is 10.2 Å². The lowest BCUT2D eigenvalue weighted by Gasteiger charge is -2.32. The Labute approximate surface area is 151 Å². The van der Waals surface area contributed by atoms with Crippen LogP contribution in [0.15, 0.2) is 54.6 Å². The predicted octanol–water partition coefficient (Wildman–Crippen LogP) is 3.37. The van der Waals surface area contributed by atoms with Crippen LogP contribution in [0.2, 0.25) is 5.02 Å². The van der Waals surface area contributed by atoms with E-state index < -0.39 is 0 Å². The molecule has 2 aliphatic rings. The standard InChI is InChI=1S/C20H19ClN2O2/c21-17-9-5-4-8-16(17)20(25)23-12-14-10-15(23)11-18(14)22-19(24)13-6-2-1-3-7-13/h1-9,14-15,18H,10-12H2,(H,22,24)/t14-,15-,18-/m0/s1. The molecule has 128 valence electrons. The van der Waals surface area contributed by atoms with Crippen molar-refractivity contribution in [2.75, 3.05) is 6.54 Å². The maximum absolute atomic E-state index is 12.8. The Morgan fingerprint density at radius 2 is 1.72 bits per heavy atom. The molecule has 0 radical (unpaired) electrons. The Bertz CT molecular complexity index is 808. The number of nitrogens with one attached hydrogen (secondary N) is 1. The van der Waals surface area contributed by atoms with Crippen LogP contribution in [0, 0.1) is 5.92 Å². The second kappa shape index (κ2) is 6.52. The Hall–Kier alpha value is -2.33. The van der Waals surface area contributed by atoms with Crippen LogP contribution in [0.3, 0.4) is 0 Å². The van der Waals surface area contributed by atoms with Crippen LogP contribution in [0.5, 0.6) is 0 Å². The summed E-state index contributed by atoms with van der Waals surface area (Å²) in [4.78, 5) is 27.0. The zero-order valence-electron chi connectivity index (χ0n) is 13.7. The highest BCUT2D eigenvalue weighted by atomic mass is 35.5. The first kappa shape index (κ1) is 16.2. The van der Waals surface area contributed by atoms with Gasteiger partial charge >= 0.3 is 0 Å². The number of carbonyl (C=O) groups excluding carboxylic acids is 2. The van der Waals surface area contributed by atoms with Crippen LogP contribution < -0.4 is 5.32 Å². The van der Waals surface area contributed by atoms with Crippen LogP contribution in [0.4, 0.5) is 0 Å². The molecule has 0 unspecified atom stereocenters. The van der Waals surface area contributed by atoms with Gasteiger partial charge in [0.15, 0.2) is 0 Å². The smallest absolute Gasteiger partial charge is 0.255 e. The predicted molar refractivity (Wildman–Crippen MR) is 96.7 cm³/mol. The Balaban J connectivity index is 1.41. The van der Waals surface area contributed by atoms with E-state index in [-0.39, 0.29) is 23.9 Å². The minimum absolute atomic E-state index is 0.00839. The van der Waals surface area contributed by atoms with Gasteiger partial charge in [0.25, 0.3) is 11.8 Å². The average molecular weight is 355 g/mol. The average Bonchev–Trinajstić information content (AvgIpc) is 3.22. The first-order valence-electron chi connectivity index (χ1n) is 8.55. The number of hydrogen-bond donors (Lipinski definition) is 1. The first-order chi connectivity index (χ1) is 12.1. The van der Waals surface area contributed by atoms with E-state index in [1.165, 1.54) is 0 Å². The van der Waals surface area contributed by atoms with E-state index in [0.717, 1.165) is 12.8 Å². The molecular formula is C20H19ClN2O2. The summed E-state index contributed by atoms with van der Waals surface area (Å²) in [6.45, 7) is 0.675. The third kappa shape index (κ3) is 3.02. The zero-order chi connectivity index (χ0) is 17.4. The van der Waals surface area contributed by atoms with Gasteiger partial charge in [0.05, 0.1) is 10.6 Å². The van der Waals surface area contributed by atoms with E-state index in [9.17, 15) is 9.59 Å². The monoisotopic (exact) mass is 354 g/mol. The third-order valence-corrected chi connectivity index (χ3v) is 5.59. The Morgan fingerprint density at radius 1 is 1.00 bits per heavy atom. The van der Waals surface area contributed by atoms with E-state index in [1.54, 1.807) is 12.1 Å². The molecule has 3 atom stereocenters. The minimum atomic E-state index is -0.0397. The van der Waals surface area contributed by atoms with Gasteiger partial charge in [-0.2, -0.15) is 0 Å². The van der Waals surface area contributed by atoms with Crippen LogP contribution in [0.25, 0.3) is 0 Å². The maximum atomic E-state index is 12.8. The van der Waals surface area contributed by atoms with Gasteiger partial charge in [-0.3, -0.25) is 9.59 Å². The van der Waals surface area contributed by atoms with E-state index in [1.807, 2.05) is 47.4 Å². The van der Waals surface area contributed by atoms with Gasteiger partial charge in [-0.25, -0.2) is 0 Å². The summed E-state index contributed by atoms with van der Waals surface area (Å²) in [6.07, 6.45) is 1.75. The summed E-state index contributed by atoms with van der Waals surface area (Å²) in [7, 11) is 0. The summed E-state index contributed by atoms with van der Waals surface area (Å²) < 4.78 is 0. The quantitative estimate of drug-likeness (QED) is 0.918. The van der Waals surface area contributed by atoms with E-state index in [2.05, 4.69) is 5.32 Å². The Kier molecular flexibility index (Phi) is 4.22. The van der Waals surface area contributed by atoms with Gasteiger partial charge in [0.2, 0.25) is 0 Å². The normalized spacial score (nSPS) is 24.4. The number of nitrogens with zero attached hydrogens (tertiary/aromatic N) is 1. The molecule has 1 heterocycles. The molecule has 1 aliphatic carbocycles. The van der Waals surface area contributed by atoms with Crippen molar-refractivity contribution >= 4 is 23.4 Å². The van der Waals surface area contributed by atoms with Crippen molar-refractivity contribution < 1.29 is 9.59 Å². The van der Waals surface area contributed by atoms with Crippen LogP contribution in [-0.2, 0) is 0 Å². The fraction of sp³-hybridized carbons (Fsp3) is 0.300. The second-order valence-electron chi connectivity index (χ2n) is 6.77. The molecule has 5 heteroatoms. The number of hydrogen-bond acceptors (Lipinski definition) is 2. The minimum Gasteiger partial charge on any atom is -0.349 e. The van der Waals surface area contributed by atoms with Crippen LogP contribution in [-0.4, -0.2) is 35.3 Å². The summed E-state index contributed by atoms with van der Waals surface area (Å²) in [5, 5.41) is 3.62. The molecule has 2 bridgehead atoms. The van der Waals surface area contributed by atoms with Gasteiger partial charge < -0.3 is 10.2 Å². The third-order valence-electron chi connectivity index (χ3n) is 5.26. The number of amides is 2. The van der Waals surface area contributed by atoms with Gasteiger partial charge in [0.1, 0.15) is 0 Å². The van der Waals surface area contributed by atoms with Gasteiger partial charge in [-0.05, 0) is 43.0 Å². The van der Waals surface area contributed by atoms with Crippen molar-refractivity contribution in [3.8, 4) is 0 Å². The zero-order valence-corrected chi connectivity index (χ0v) is 14.4. The van der Waals surface area contributed by atoms with Gasteiger partial charge in [-0.15, -0.1) is 0 Å². The van der Waals surface area contributed by atoms with Crippen LogP contribution >= 0.6 is 11.6 Å². The molecule has 25 heavy (non-hydrogen) atoms. The lowest BCUT2D eigenvalue weighted by atomic mass is 10.0. The molecule has 2 amide bonds. The van der Waals surface area contributed by atoms with Crippen molar-refractivity contribution in [2.45, 2.75) is 24.9 Å². The SMILES string of the molecule is O=C(N[C@H]1C[C@@H]2C[C@H]1CN2C(=O)c1ccccc1Cl)c1ccccc1. The molecule has 2 aromatic rings. The fourth-order valence-corrected chi connectivity index (χ4v) is 4.23. The number of likely N-dealkylation sites (tertiary alicyclic amines) is 1. The largest absolute Gasteiger partial charge is 0.349 e. The summed E-state index contributed by atoms with van der Waals surface area (Å²) >= 11 is 6.16. The number of piperidine rings is 1. The molecule has 2 aromatic carbocycles. The number of halogens is 1. The Morgan fingerprint density at radius 3 is 2.40 bits per heavy atom. The molecular weight excluding hydrogens is 336 g/mol. The molecule has 0 aromatic heterocycles. The molecule has 1 N–H and O–H groups in total. The second-order valence-corrected chi connectivity index (χ2v) is 7.18. The van der Waals surface area contributed by atoms with Crippen molar-refractivity contribution in [1.29, 1.82) is 0 Å². The highest BCUT2D eigenvalue weighted by molar-refractivity contribution is 6.33. The molecule has 4 rings (SSSR count).